The van der Waals surface area contributed by atoms with Crippen LogP contribution in [0.3, 0.4) is 0 Å². The van der Waals surface area contributed by atoms with Gasteiger partial charge in [-0.3, -0.25) is 0 Å². The highest BCUT2D eigenvalue weighted by Gasteiger charge is 2.11. The van der Waals surface area contributed by atoms with E-state index in [2.05, 4.69) is 13.5 Å². The average Bonchev–Trinajstić information content (AvgIpc) is 1.97. The monoisotopic (exact) mass is 228 g/mol. The minimum atomic E-state index is -0.314. The zero-order valence-corrected chi connectivity index (χ0v) is 10.5. The van der Waals surface area contributed by atoms with Crippen molar-refractivity contribution in [3.63, 3.8) is 0 Å². The lowest BCUT2D eigenvalue weighted by Crippen LogP contribution is -2.18. The molecule has 0 N–H and O–H groups in total. The fraction of sp³-hybridized carbons (Fsp3) is 0.714. The molecule has 0 heterocycles. The summed E-state index contributed by atoms with van der Waals surface area (Å²) in [7, 11) is -0.314. The lowest BCUT2D eigenvalue weighted by Gasteiger charge is -2.12. The maximum Gasteiger partial charge on any atom is 0.0920 e. The number of halogens is 2. The van der Waals surface area contributed by atoms with Gasteiger partial charge in [-0.2, -0.15) is 11.8 Å². The van der Waals surface area contributed by atoms with E-state index in [0.29, 0.717) is 4.87 Å². The number of rotatable bonds is 6. The number of thioether (sulfide) groups is 1. The van der Waals surface area contributed by atoms with Crippen molar-refractivity contribution in [3.8, 4) is 0 Å². The zero-order valence-electron chi connectivity index (χ0n) is 6.72. The highest BCUT2D eigenvalue weighted by atomic mass is 35.5. The van der Waals surface area contributed by atoms with E-state index in [4.69, 9.17) is 23.2 Å². The number of alkyl halides is 2. The molecule has 0 fully saturated rings. The summed E-state index contributed by atoms with van der Waals surface area (Å²) in [4.78, 5) is 0.716. The van der Waals surface area contributed by atoms with Crippen LogP contribution in [0.2, 0.25) is 0 Å². The first-order chi connectivity index (χ1) is 5.20. The Balaban J connectivity index is 3.48. The van der Waals surface area contributed by atoms with Crippen molar-refractivity contribution in [1.82, 2.24) is 0 Å². The second kappa shape index (κ2) is 7.53. The van der Waals surface area contributed by atoms with E-state index in [9.17, 15) is 0 Å². The molecule has 0 aliphatic rings. The van der Waals surface area contributed by atoms with Gasteiger partial charge in [0.1, 0.15) is 0 Å². The molecule has 0 spiro atoms. The highest BCUT2D eigenvalue weighted by molar-refractivity contribution is 8.01. The molecule has 1 unspecified atom stereocenters. The van der Waals surface area contributed by atoms with Crippen LogP contribution in [-0.2, 0) is 0 Å². The van der Waals surface area contributed by atoms with Gasteiger partial charge in [-0.05, 0) is 11.3 Å². The Labute approximate surface area is 85.5 Å². The van der Waals surface area contributed by atoms with Crippen LogP contribution < -0.4 is 0 Å². The predicted octanol–water partition coefficient (Wildman–Crippen LogP) is 2.57. The molecule has 11 heavy (non-hydrogen) atoms. The summed E-state index contributed by atoms with van der Waals surface area (Å²) in [5.74, 6) is 1.02. The predicted molar refractivity (Wildman–Crippen MR) is 60.8 cm³/mol. The van der Waals surface area contributed by atoms with Gasteiger partial charge in [-0.15, -0.1) is 29.8 Å². The Kier molecular flexibility index (Phi) is 8.14. The van der Waals surface area contributed by atoms with Gasteiger partial charge in [0.2, 0.25) is 0 Å². The van der Waals surface area contributed by atoms with Gasteiger partial charge >= 0.3 is 0 Å². The summed E-state index contributed by atoms with van der Waals surface area (Å²) < 4.78 is -0.0859. The molecule has 0 radical (unpaired) electrons. The minimum absolute atomic E-state index is 0.0859. The van der Waals surface area contributed by atoms with Crippen LogP contribution in [-0.4, -0.2) is 24.6 Å². The first-order valence-electron chi connectivity index (χ1n) is 3.71. The Morgan fingerprint density at radius 3 is 2.64 bits per heavy atom. The van der Waals surface area contributed by atoms with Crippen LogP contribution in [0.1, 0.15) is 13.3 Å². The van der Waals surface area contributed by atoms with Crippen molar-refractivity contribution in [1.29, 1.82) is 0 Å². The van der Waals surface area contributed by atoms with Crippen LogP contribution in [0.5, 0.6) is 0 Å². The van der Waals surface area contributed by atoms with Crippen LogP contribution in [0.15, 0.2) is 12.7 Å². The van der Waals surface area contributed by atoms with E-state index in [0.717, 1.165) is 5.75 Å². The molecule has 0 aliphatic heterocycles. The average molecular weight is 229 g/mol. The van der Waals surface area contributed by atoms with E-state index in [1.165, 1.54) is 6.42 Å². The zero-order chi connectivity index (χ0) is 8.69. The number of hydrogen-bond acceptors (Lipinski definition) is 1. The van der Waals surface area contributed by atoms with E-state index < -0.39 is 0 Å². The second-order valence-corrected chi connectivity index (χ2v) is 8.79. The van der Waals surface area contributed by atoms with Gasteiger partial charge in [0.25, 0.3) is 0 Å². The third kappa shape index (κ3) is 7.25. The van der Waals surface area contributed by atoms with E-state index in [1.54, 1.807) is 0 Å². The smallest absolute Gasteiger partial charge is 0.0920 e. The van der Waals surface area contributed by atoms with Crippen LogP contribution in [0.25, 0.3) is 0 Å². The van der Waals surface area contributed by atoms with Crippen molar-refractivity contribution in [3.05, 3.63) is 12.7 Å². The van der Waals surface area contributed by atoms with Crippen molar-refractivity contribution in [2.45, 2.75) is 22.7 Å². The Morgan fingerprint density at radius 2 is 2.27 bits per heavy atom. The van der Waals surface area contributed by atoms with Crippen molar-refractivity contribution < 1.29 is 0 Å². The Hall–Kier alpha value is 0.887. The first kappa shape index (κ1) is 11.9. The fourth-order valence-corrected chi connectivity index (χ4v) is 5.58. The number of hydrogen-bond donors (Lipinski definition) is 0. The van der Waals surface area contributed by atoms with Gasteiger partial charge in [-0.25, -0.2) is 0 Å². The topological polar surface area (TPSA) is 0 Å². The molecule has 4 heteroatoms. The fourth-order valence-electron chi connectivity index (χ4n) is 0.755. The van der Waals surface area contributed by atoms with E-state index in [1.807, 2.05) is 17.8 Å². The van der Waals surface area contributed by atoms with Gasteiger partial charge in [-0.1, -0.05) is 13.0 Å². The molecule has 0 saturated carbocycles. The molecule has 0 aliphatic carbocycles. The molecule has 0 nitrogen and oxygen atoms in total. The second-order valence-electron chi connectivity index (χ2n) is 2.28. The third-order valence-corrected chi connectivity index (χ3v) is 6.39. The summed E-state index contributed by atoms with van der Waals surface area (Å²) in [5.41, 5.74) is 0. The summed E-state index contributed by atoms with van der Waals surface area (Å²) in [6.07, 6.45) is 3.11. The molecule has 0 bridgehead atoms. The minimum Gasteiger partial charge on any atom is -0.158 e. The SMILES string of the molecule is C=CCSC(CC)[SiH2]C(Cl)Cl. The molecular formula is C7H14Cl2SSi. The van der Waals surface area contributed by atoms with Crippen LogP contribution in [0, 0.1) is 0 Å². The molecule has 0 aromatic rings. The molecule has 66 valence electrons. The summed E-state index contributed by atoms with van der Waals surface area (Å²) in [6.45, 7) is 5.86. The maximum absolute atomic E-state index is 5.72. The van der Waals surface area contributed by atoms with Gasteiger partial charge in [0.05, 0.1) is 14.0 Å². The molecular weight excluding hydrogens is 215 g/mol. The largest absolute Gasteiger partial charge is 0.158 e. The van der Waals surface area contributed by atoms with Crippen molar-refractivity contribution in [2.75, 3.05) is 5.75 Å². The summed E-state index contributed by atoms with van der Waals surface area (Å²) in [6, 6.07) is 0. The van der Waals surface area contributed by atoms with Crippen molar-refractivity contribution in [2.24, 2.45) is 0 Å². The highest BCUT2D eigenvalue weighted by Crippen LogP contribution is 2.16. The molecule has 0 saturated heterocycles. The lowest BCUT2D eigenvalue weighted by molar-refractivity contribution is 1.04. The Bertz CT molecular complexity index is 109. The van der Waals surface area contributed by atoms with E-state index >= 15 is 0 Å². The molecule has 1 atom stereocenters. The first-order valence-corrected chi connectivity index (χ1v) is 7.26. The summed E-state index contributed by atoms with van der Waals surface area (Å²) >= 11 is 13.4. The normalized spacial score (nSPS) is 14.5. The van der Waals surface area contributed by atoms with Gasteiger partial charge in [0, 0.05) is 5.75 Å². The Morgan fingerprint density at radius 1 is 1.64 bits per heavy atom. The quantitative estimate of drug-likeness (QED) is 0.383. The molecule has 0 amide bonds. The standard InChI is InChI=1S/C7H14Cl2SSi/c1-3-5-10-6(4-2)11-7(8)9/h3,6-7H,1,4-5,11H2,2H3. The lowest BCUT2D eigenvalue weighted by atomic mass is 10.6. The van der Waals surface area contributed by atoms with E-state index in [-0.39, 0.29) is 14.0 Å². The third-order valence-electron chi connectivity index (χ3n) is 1.35. The summed E-state index contributed by atoms with van der Waals surface area (Å²) in [5, 5.41) is 0. The molecule has 0 aromatic carbocycles. The van der Waals surface area contributed by atoms with Gasteiger partial charge < -0.3 is 0 Å². The molecule has 0 rings (SSSR count). The molecule has 0 aromatic heterocycles. The van der Waals surface area contributed by atoms with Crippen LogP contribution >= 0.6 is 35.0 Å². The van der Waals surface area contributed by atoms with Crippen LogP contribution in [0.4, 0.5) is 0 Å². The van der Waals surface area contributed by atoms with Crippen molar-refractivity contribution >= 4 is 44.5 Å². The van der Waals surface area contributed by atoms with Gasteiger partial charge in [0.15, 0.2) is 0 Å². The maximum atomic E-state index is 5.72.